The van der Waals surface area contributed by atoms with Crippen LogP contribution in [-0.4, -0.2) is 56.8 Å². The van der Waals surface area contributed by atoms with E-state index in [1.54, 1.807) is 4.90 Å². The van der Waals surface area contributed by atoms with Crippen molar-refractivity contribution in [3.05, 3.63) is 24.3 Å². The molecule has 0 radical (unpaired) electrons. The van der Waals surface area contributed by atoms with Gasteiger partial charge in [-0.15, -0.1) is 0 Å². The van der Waals surface area contributed by atoms with Crippen LogP contribution in [0.3, 0.4) is 0 Å². The van der Waals surface area contributed by atoms with E-state index in [1.807, 2.05) is 31.3 Å². The van der Waals surface area contributed by atoms with Crippen LogP contribution in [0.25, 0.3) is 0 Å². The lowest BCUT2D eigenvalue weighted by Crippen LogP contribution is -2.47. The van der Waals surface area contributed by atoms with Crippen LogP contribution in [0.2, 0.25) is 0 Å². The zero-order chi connectivity index (χ0) is 15.8. The molecule has 1 saturated heterocycles. The normalized spacial score (nSPS) is 17.1. The number of benzene rings is 1. The molecule has 0 spiro atoms. The summed E-state index contributed by atoms with van der Waals surface area (Å²) in [6.07, 6.45) is 1.57. The quantitative estimate of drug-likeness (QED) is 0.566. The van der Waals surface area contributed by atoms with Gasteiger partial charge in [-0.1, -0.05) is 12.1 Å². The molecular formula is C16H24FN3O2. The molecule has 0 bridgehead atoms. The van der Waals surface area contributed by atoms with E-state index in [-0.39, 0.29) is 0 Å². The van der Waals surface area contributed by atoms with E-state index < -0.39 is 5.67 Å². The van der Waals surface area contributed by atoms with Gasteiger partial charge in [0.1, 0.15) is 18.0 Å². The fourth-order valence-electron chi connectivity index (χ4n) is 2.55. The minimum absolute atomic E-state index is 0.302. The summed E-state index contributed by atoms with van der Waals surface area (Å²) in [6.45, 7) is 2.36. The summed E-state index contributed by atoms with van der Waals surface area (Å²) in [4.78, 5) is 12.2. The van der Waals surface area contributed by atoms with Crippen LogP contribution in [-0.2, 0) is 4.79 Å². The first kappa shape index (κ1) is 16.5. The third kappa shape index (κ3) is 4.59. The Morgan fingerprint density at radius 2 is 2.09 bits per heavy atom. The molecule has 1 aromatic carbocycles. The van der Waals surface area contributed by atoms with E-state index >= 15 is 0 Å². The molecule has 2 rings (SSSR count). The second-order valence-electron chi connectivity index (χ2n) is 5.56. The summed E-state index contributed by atoms with van der Waals surface area (Å²) < 4.78 is 20.2. The Kier molecular flexibility index (Phi) is 6.00. The van der Waals surface area contributed by atoms with Crippen molar-refractivity contribution in [1.29, 1.82) is 0 Å². The van der Waals surface area contributed by atoms with Crippen molar-refractivity contribution in [2.75, 3.05) is 45.2 Å². The number of para-hydroxylation sites is 2. The van der Waals surface area contributed by atoms with E-state index in [4.69, 9.17) is 4.74 Å². The predicted octanol–water partition coefficient (Wildman–Crippen LogP) is 1.66. The van der Waals surface area contributed by atoms with E-state index in [1.165, 1.54) is 0 Å². The Balaban J connectivity index is 1.66. The van der Waals surface area contributed by atoms with Crippen LogP contribution in [0.1, 0.15) is 12.8 Å². The van der Waals surface area contributed by atoms with Gasteiger partial charge in [0.15, 0.2) is 0 Å². The summed E-state index contributed by atoms with van der Waals surface area (Å²) >= 11 is 0. The Hall–Kier alpha value is -1.82. The highest BCUT2D eigenvalue weighted by molar-refractivity contribution is 5.55. The molecule has 5 nitrogen and oxygen atoms in total. The first-order chi connectivity index (χ1) is 10.7. The number of rotatable bonds is 8. The first-order valence-electron chi connectivity index (χ1n) is 7.65. The Morgan fingerprint density at radius 1 is 1.36 bits per heavy atom. The average Bonchev–Trinajstić information content (AvgIpc) is 2.55. The molecule has 1 aliphatic rings. The van der Waals surface area contributed by atoms with E-state index in [2.05, 4.69) is 10.6 Å². The summed E-state index contributed by atoms with van der Waals surface area (Å²) in [6, 6.07) is 7.70. The molecule has 2 N–H and O–H groups in total. The summed E-state index contributed by atoms with van der Waals surface area (Å²) in [7, 11) is 1.85. The Labute approximate surface area is 130 Å². The number of carbonyl (C=O) groups is 1. The highest BCUT2D eigenvalue weighted by atomic mass is 19.1. The van der Waals surface area contributed by atoms with Gasteiger partial charge in [0, 0.05) is 46.1 Å². The number of carbonyl (C=O) groups excluding carboxylic acids is 1. The molecule has 0 saturated carbocycles. The lowest BCUT2D eigenvalue weighted by atomic mass is 9.93. The number of likely N-dealkylation sites (tertiary alicyclic amines) is 1. The van der Waals surface area contributed by atoms with Gasteiger partial charge < -0.3 is 20.3 Å². The average molecular weight is 309 g/mol. The van der Waals surface area contributed by atoms with Gasteiger partial charge in [-0.3, -0.25) is 4.79 Å². The van der Waals surface area contributed by atoms with Gasteiger partial charge in [-0.05, 0) is 12.1 Å². The largest absolute Gasteiger partial charge is 0.490 e. The number of hydrogen-bond acceptors (Lipinski definition) is 4. The van der Waals surface area contributed by atoms with E-state index in [0.717, 1.165) is 17.8 Å². The second-order valence-corrected chi connectivity index (χ2v) is 5.56. The highest BCUT2D eigenvalue weighted by Crippen LogP contribution is 2.25. The van der Waals surface area contributed by atoms with Crippen molar-refractivity contribution in [1.82, 2.24) is 10.2 Å². The SMILES string of the molecule is CNc1ccccc1OCCNCC1(F)CCN(C=O)CC1. The molecule has 0 unspecified atom stereocenters. The fourth-order valence-corrected chi connectivity index (χ4v) is 2.55. The number of anilines is 1. The van der Waals surface area contributed by atoms with Crippen LogP contribution < -0.4 is 15.4 Å². The topological polar surface area (TPSA) is 53.6 Å². The molecule has 22 heavy (non-hydrogen) atoms. The maximum Gasteiger partial charge on any atom is 0.209 e. The van der Waals surface area contributed by atoms with Crippen LogP contribution in [0.4, 0.5) is 10.1 Å². The molecule has 1 aliphatic heterocycles. The van der Waals surface area contributed by atoms with Crippen molar-refractivity contribution in [2.45, 2.75) is 18.5 Å². The minimum atomic E-state index is -1.22. The Morgan fingerprint density at radius 3 is 2.77 bits per heavy atom. The lowest BCUT2D eigenvalue weighted by molar-refractivity contribution is -0.120. The number of halogens is 1. The van der Waals surface area contributed by atoms with Crippen LogP contribution in [0.5, 0.6) is 5.75 Å². The van der Waals surface area contributed by atoms with Crippen molar-refractivity contribution < 1.29 is 13.9 Å². The van der Waals surface area contributed by atoms with Crippen LogP contribution in [0, 0.1) is 0 Å². The van der Waals surface area contributed by atoms with Crippen molar-refractivity contribution in [3.8, 4) is 5.75 Å². The number of alkyl halides is 1. The van der Waals surface area contributed by atoms with Crippen LogP contribution in [0.15, 0.2) is 24.3 Å². The molecule has 1 aromatic rings. The van der Waals surface area contributed by atoms with Gasteiger partial charge in [-0.25, -0.2) is 4.39 Å². The van der Waals surface area contributed by atoms with Gasteiger partial charge in [0.25, 0.3) is 0 Å². The maximum atomic E-state index is 14.5. The molecule has 6 heteroatoms. The summed E-state index contributed by atoms with van der Waals surface area (Å²) in [5, 5.41) is 6.17. The van der Waals surface area contributed by atoms with Gasteiger partial charge >= 0.3 is 0 Å². The highest BCUT2D eigenvalue weighted by Gasteiger charge is 2.33. The summed E-state index contributed by atoms with van der Waals surface area (Å²) in [5.41, 5.74) is -0.284. The fraction of sp³-hybridized carbons (Fsp3) is 0.562. The lowest BCUT2D eigenvalue weighted by Gasteiger charge is -2.34. The molecular weight excluding hydrogens is 285 g/mol. The number of ether oxygens (including phenoxy) is 1. The second kappa shape index (κ2) is 7.98. The third-order valence-corrected chi connectivity index (χ3v) is 3.98. The number of nitrogens with one attached hydrogen (secondary N) is 2. The molecule has 0 aromatic heterocycles. The standard InChI is InChI=1S/C16H24FN3O2/c1-18-14-4-2-3-5-15(14)22-11-8-19-12-16(17)6-9-20(13-21)10-7-16/h2-5,13,18-19H,6-12H2,1H3. The van der Waals surface area contributed by atoms with E-state index in [9.17, 15) is 9.18 Å². The Bertz CT molecular complexity index is 476. The third-order valence-electron chi connectivity index (χ3n) is 3.98. The zero-order valence-electron chi connectivity index (χ0n) is 13.0. The van der Waals surface area contributed by atoms with Gasteiger partial charge in [0.05, 0.1) is 5.69 Å². The molecule has 1 amide bonds. The van der Waals surface area contributed by atoms with Crippen LogP contribution >= 0.6 is 0 Å². The predicted molar refractivity (Wildman–Crippen MR) is 85.1 cm³/mol. The zero-order valence-corrected chi connectivity index (χ0v) is 13.0. The summed E-state index contributed by atoms with van der Waals surface area (Å²) in [5.74, 6) is 0.793. The minimum Gasteiger partial charge on any atom is -0.490 e. The number of piperidine rings is 1. The molecule has 1 fully saturated rings. The number of nitrogens with zero attached hydrogens (tertiary/aromatic N) is 1. The number of hydrogen-bond donors (Lipinski definition) is 2. The van der Waals surface area contributed by atoms with Crippen molar-refractivity contribution >= 4 is 12.1 Å². The van der Waals surface area contributed by atoms with Gasteiger partial charge in [0.2, 0.25) is 6.41 Å². The van der Waals surface area contributed by atoms with Crippen molar-refractivity contribution in [2.24, 2.45) is 0 Å². The van der Waals surface area contributed by atoms with E-state index in [0.29, 0.717) is 45.6 Å². The monoisotopic (exact) mass is 309 g/mol. The smallest absolute Gasteiger partial charge is 0.209 e. The first-order valence-corrected chi connectivity index (χ1v) is 7.65. The number of amides is 1. The molecule has 1 heterocycles. The molecule has 0 aliphatic carbocycles. The van der Waals surface area contributed by atoms with Crippen molar-refractivity contribution in [3.63, 3.8) is 0 Å². The van der Waals surface area contributed by atoms with Gasteiger partial charge in [-0.2, -0.15) is 0 Å². The molecule has 0 atom stereocenters. The molecule has 122 valence electrons. The maximum absolute atomic E-state index is 14.5.